The molecule has 1 aromatic rings. The number of amides is 2. The molecular formula is C20H28N2O6. The summed E-state index contributed by atoms with van der Waals surface area (Å²) >= 11 is 0. The van der Waals surface area contributed by atoms with Crippen LogP contribution in [-0.2, 0) is 19.1 Å². The summed E-state index contributed by atoms with van der Waals surface area (Å²) in [6.45, 7) is 2.54. The Morgan fingerprint density at radius 1 is 1.21 bits per heavy atom. The smallest absolute Gasteiger partial charge is 0.331 e. The minimum atomic E-state index is -1.46. The predicted octanol–water partition coefficient (Wildman–Crippen LogP) is 1.30. The van der Waals surface area contributed by atoms with Gasteiger partial charge in [0.15, 0.2) is 5.54 Å². The predicted molar refractivity (Wildman–Crippen MR) is 102 cm³/mol. The van der Waals surface area contributed by atoms with Gasteiger partial charge in [-0.05, 0) is 31.9 Å². The van der Waals surface area contributed by atoms with E-state index < -0.39 is 11.5 Å². The van der Waals surface area contributed by atoms with Crippen LogP contribution in [0.5, 0.6) is 5.75 Å². The highest BCUT2D eigenvalue weighted by atomic mass is 16.5. The second-order valence-electron chi connectivity index (χ2n) is 7.13. The molecule has 0 saturated carbocycles. The fourth-order valence-corrected chi connectivity index (χ4v) is 3.14. The number of carbonyl (C=O) groups is 3. The lowest BCUT2D eigenvalue weighted by Gasteiger charge is -2.33. The number of methoxy groups -OCH3 is 1. The van der Waals surface area contributed by atoms with E-state index in [4.69, 9.17) is 9.47 Å². The van der Waals surface area contributed by atoms with Crippen molar-refractivity contribution in [2.24, 2.45) is 5.92 Å². The Hall–Kier alpha value is -2.61. The van der Waals surface area contributed by atoms with E-state index >= 15 is 0 Å². The Kier molecular flexibility index (Phi) is 7.80. The van der Waals surface area contributed by atoms with E-state index in [1.165, 1.54) is 14.0 Å². The molecule has 1 fully saturated rings. The lowest BCUT2D eigenvalue weighted by molar-refractivity contribution is -0.150. The summed E-state index contributed by atoms with van der Waals surface area (Å²) in [5.41, 5.74) is -1.46. The number of carbonyl (C=O) groups excluding carboxylic acids is 2. The molecule has 8 heteroatoms. The first-order valence-electron chi connectivity index (χ1n) is 9.35. The molecule has 2 amide bonds. The molecule has 1 aliphatic rings. The molecule has 0 aromatic heterocycles. The van der Waals surface area contributed by atoms with Gasteiger partial charge >= 0.3 is 5.97 Å². The SMILES string of the molecule is COCC(C)(NC(=O)C1CCN(C(=O)CCOc2ccccc2)CC1)C(=O)O. The quantitative estimate of drug-likeness (QED) is 0.656. The largest absolute Gasteiger partial charge is 0.493 e. The van der Waals surface area contributed by atoms with Gasteiger partial charge in [0, 0.05) is 26.1 Å². The number of nitrogens with one attached hydrogen (secondary N) is 1. The first-order valence-corrected chi connectivity index (χ1v) is 9.35. The van der Waals surface area contributed by atoms with Gasteiger partial charge in [0.05, 0.1) is 19.6 Å². The number of nitrogens with zero attached hydrogens (tertiary/aromatic N) is 1. The van der Waals surface area contributed by atoms with Crippen LogP contribution in [0.25, 0.3) is 0 Å². The number of aliphatic carboxylic acids is 1. The number of hydrogen-bond donors (Lipinski definition) is 2. The second-order valence-corrected chi connectivity index (χ2v) is 7.13. The van der Waals surface area contributed by atoms with E-state index in [0.29, 0.717) is 32.5 Å². The molecule has 8 nitrogen and oxygen atoms in total. The molecule has 1 aliphatic heterocycles. The topological polar surface area (TPSA) is 105 Å². The molecule has 1 saturated heterocycles. The molecule has 0 spiro atoms. The van der Waals surface area contributed by atoms with Crippen molar-refractivity contribution in [1.82, 2.24) is 10.2 Å². The molecule has 0 bridgehead atoms. The van der Waals surface area contributed by atoms with Gasteiger partial charge in [-0.25, -0.2) is 4.79 Å². The number of likely N-dealkylation sites (tertiary alicyclic amines) is 1. The fraction of sp³-hybridized carbons (Fsp3) is 0.550. The third kappa shape index (κ3) is 5.95. The van der Waals surface area contributed by atoms with E-state index in [2.05, 4.69) is 5.32 Å². The van der Waals surface area contributed by atoms with E-state index in [1.807, 2.05) is 30.3 Å². The maximum Gasteiger partial charge on any atom is 0.331 e. The normalized spacial score (nSPS) is 16.9. The van der Waals surface area contributed by atoms with Crippen LogP contribution in [-0.4, -0.2) is 66.7 Å². The summed E-state index contributed by atoms with van der Waals surface area (Å²) in [4.78, 5) is 37.9. The Labute approximate surface area is 164 Å². The Balaban J connectivity index is 1.76. The maximum absolute atomic E-state index is 12.4. The molecule has 28 heavy (non-hydrogen) atoms. The Morgan fingerprint density at radius 3 is 2.43 bits per heavy atom. The zero-order valence-corrected chi connectivity index (χ0v) is 16.3. The van der Waals surface area contributed by atoms with Gasteiger partial charge < -0.3 is 24.8 Å². The molecule has 1 heterocycles. The molecule has 154 valence electrons. The highest BCUT2D eigenvalue weighted by Crippen LogP contribution is 2.20. The standard InChI is InChI=1S/C20H28N2O6/c1-20(14-27-2,19(25)26)21-18(24)15-8-11-22(12-9-15)17(23)10-13-28-16-6-4-3-5-7-16/h3-7,15H,8-14H2,1-2H3,(H,21,24)(H,25,26). The molecular weight excluding hydrogens is 364 g/mol. The van der Waals surface area contributed by atoms with Crippen LogP contribution in [0, 0.1) is 5.92 Å². The van der Waals surface area contributed by atoms with Gasteiger partial charge in [0.25, 0.3) is 0 Å². The van der Waals surface area contributed by atoms with Crippen molar-refractivity contribution in [2.75, 3.05) is 33.4 Å². The summed E-state index contributed by atoms with van der Waals surface area (Å²) < 4.78 is 10.5. The van der Waals surface area contributed by atoms with Gasteiger partial charge in [0.1, 0.15) is 5.75 Å². The lowest BCUT2D eigenvalue weighted by Crippen LogP contribution is -2.57. The van der Waals surface area contributed by atoms with Crippen molar-refractivity contribution in [3.63, 3.8) is 0 Å². The minimum Gasteiger partial charge on any atom is -0.493 e. The summed E-state index contributed by atoms with van der Waals surface area (Å²) in [6.07, 6.45) is 1.27. The number of benzene rings is 1. The molecule has 0 aliphatic carbocycles. The van der Waals surface area contributed by atoms with Crippen molar-refractivity contribution in [3.8, 4) is 5.75 Å². The van der Waals surface area contributed by atoms with Crippen LogP contribution < -0.4 is 10.1 Å². The molecule has 2 rings (SSSR count). The van der Waals surface area contributed by atoms with Crippen molar-refractivity contribution in [3.05, 3.63) is 30.3 Å². The number of hydrogen-bond acceptors (Lipinski definition) is 5. The van der Waals surface area contributed by atoms with Crippen LogP contribution in [0.1, 0.15) is 26.2 Å². The van der Waals surface area contributed by atoms with Crippen LogP contribution in [0.3, 0.4) is 0 Å². The van der Waals surface area contributed by atoms with E-state index in [0.717, 1.165) is 5.75 Å². The number of para-hydroxylation sites is 1. The highest BCUT2D eigenvalue weighted by molar-refractivity contribution is 5.88. The first-order chi connectivity index (χ1) is 13.4. The average Bonchev–Trinajstić information content (AvgIpc) is 2.69. The van der Waals surface area contributed by atoms with Crippen LogP contribution in [0.4, 0.5) is 0 Å². The first kappa shape index (κ1) is 21.7. The van der Waals surface area contributed by atoms with Gasteiger partial charge in [-0.15, -0.1) is 0 Å². The van der Waals surface area contributed by atoms with Crippen molar-refractivity contribution in [1.29, 1.82) is 0 Å². The van der Waals surface area contributed by atoms with Gasteiger partial charge in [-0.1, -0.05) is 18.2 Å². The number of carboxylic acids is 1. The third-order valence-electron chi connectivity index (χ3n) is 4.85. The number of piperidine rings is 1. The summed E-state index contributed by atoms with van der Waals surface area (Å²) in [5.74, 6) is -1.07. The zero-order valence-electron chi connectivity index (χ0n) is 16.3. The second kappa shape index (κ2) is 10.1. The van der Waals surface area contributed by atoms with Crippen molar-refractivity contribution < 1.29 is 29.0 Å². The van der Waals surface area contributed by atoms with Crippen LogP contribution in [0.15, 0.2) is 30.3 Å². The lowest BCUT2D eigenvalue weighted by atomic mass is 9.93. The van der Waals surface area contributed by atoms with E-state index in [9.17, 15) is 19.5 Å². The molecule has 0 radical (unpaired) electrons. The van der Waals surface area contributed by atoms with Gasteiger partial charge in [-0.2, -0.15) is 0 Å². The maximum atomic E-state index is 12.4. The third-order valence-corrected chi connectivity index (χ3v) is 4.85. The van der Waals surface area contributed by atoms with E-state index in [-0.39, 0.29) is 30.8 Å². The molecule has 2 N–H and O–H groups in total. The average molecular weight is 392 g/mol. The van der Waals surface area contributed by atoms with Crippen LogP contribution in [0.2, 0.25) is 0 Å². The number of rotatable bonds is 9. The van der Waals surface area contributed by atoms with Gasteiger partial charge in [-0.3, -0.25) is 9.59 Å². The minimum absolute atomic E-state index is 0.00968. The monoisotopic (exact) mass is 392 g/mol. The molecule has 1 atom stereocenters. The van der Waals surface area contributed by atoms with Crippen molar-refractivity contribution >= 4 is 17.8 Å². The summed E-state index contributed by atoms with van der Waals surface area (Å²) in [7, 11) is 1.39. The highest BCUT2D eigenvalue weighted by Gasteiger charge is 2.37. The Bertz CT molecular complexity index is 673. The number of ether oxygens (including phenoxy) is 2. The molecule has 1 unspecified atom stereocenters. The zero-order chi connectivity index (χ0) is 20.6. The van der Waals surface area contributed by atoms with Crippen molar-refractivity contribution in [2.45, 2.75) is 31.7 Å². The Morgan fingerprint density at radius 2 is 1.86 bits per heavy atom. The van der Waals surface area contributed by atoms with E-state index in [1.54, 1.807) is 4.90 Å². The summed E-state index contributed by atoms with van der Waals surface area (Å²) in [6, 6.07) is 9.31. The fourth-order valence-electron chi connectivity index (χ4n) is 3.14. The van der Waals surface area contributed by atoms with Crippen LogP contribution >= 0.6 is 0 Å². The number of carboxylic acid groups (broad SMARTS) is 1. The summed E-state index contributed by atoms with van der Waals surface area (Å²) in [5, 5.41) is 11.9. The van der Waals surface area contributed by atoms with Gasteiger partial charge in [0.2, 0.25) is 11.8 Å². The molecule has 1 aromatic carbocycles.